The van der Waals surface area contributed by atoms with Gasteiger partial charge >= 0.3 is 0 Å². The van der Waals surface area contributed by atoms with Crippen LogP contribution in [0.4, 0.5) is 10.1 Å². The molecule has 23 heavy (non-hydrogen) atoms. The number of halogens is 2. The Morgan fingerprint density at radius 1 is 1.22 bits per heavy atom. The fourth-order valence-corrected chi connectivity index (χ4v) is 2.48. The second-order valence-corrected chi connectivity index (χ2v) is 6.28. The van der Waals surface area contributed by atoms with Crippen molar-refractivity contribution in [3.8, 4) is 0 Å². The summed E-state index contributed by atoms with van der Waals surface area (Å²) in [5.74, 6) is -0.230. The van der Waals surface area contributed by atoms with Gasteiger partial charge in [-0.1, -0.05) is 41.1 Å². The minimum absolute atomic E-state index is 0.00497. The first-order valence-corrected chi connectivity index (χ1v) is 8.36. The molecular weight excluding hydrogens is 359 g/mol. The quantitative estimate of drug-likeness (QED) is 0.758. The third-order valence-electron chi connectivity index (χ3n) is 3.63. The molecule has 2 rings (SSSR count). The number of amides is 1. The van der Waals surface area contributed by atoms with E-state index in [1.165, 1.54) is 6.07 Å². The lowest BCUT2D eigenvalue weighted by molar-refractivity contribution is -0.115. The maximum atomic E-state index is 13.8. The van der Waals surface area contributed by atoms with Crippen LogP contribution in [0.3, 0.4) is 0 Å². The normalized spacial score (nSPS) is 12.0. The Hall–Kier alpha value is -1.72. The van der Waals surface area contributed by atoms with E-state index in [1.807, 2.05) is 44.2 Å². The van der Waals surface area contributed by atoms with E-state index < -0.39 is 0 Å². The summed E-state index contributed by atoms with van der Waals surface area (Å²) >= 11 is 3.25. The van der Waals surface area contributed by atoms with E-state index in [1.54, 1.807) is 6.07 Å². The van der Waals surface area contributed by atoms with Crippen LogP contribution >= 0.6 is 15.9 Å². The maximum Gasteiger partial charge on any atom is 0.224 e. The number of benzene rings is 2. The molecule has 0 saturated carbocycles. The summed E-state index contributed by atoms with van der Waals surface area (Å²) in [6.45, 7) is 4.29. The van der Waals surface area contributed by atoms with Gasteiger partial charge in [0.05, 0.1) is 0 Å². The molecule has 2 aromatic rings. The molecule has 0 aliphatic rings. The lowest BCUT2D eigenvalue weighted by atomic mass is 10.1. The van der Waals surface area contributed by atoms with Gasteiger partial charge in [0, 0.05) is 34.7 Å². The molecule has 1 amide bonds. The average Bonchev–Trinajstić information content (AvgIpc) is 2.54. The smallest absolute Gasteiger partial charge is 0.224 e. The summed E-state index contributed by atoms with van der Waals surface area (Å²) in [5.41, 5.74) is 2.50. The molecule has 0 radical (unpaired) electrons. The Labute approximate surface area is 144 Å². The van der Waals surface area contributed by atoms with Gasteiger partial charge in [-0.2, -0.15) is 0 Å². The predicted molar refractivity (Wildman–Crippen MR) is 94.7 cm³/mol. The molecule has 0 bridgehead atoms. The fourth-order valence-electron chi connectivity index (χ4n) is 2.15. The largest absolute Gasteiger partial charge is 0.326 e. The topological polar surface area (TPSA) is 41.1 Å². The van der Waals surface area contributed by atoms with Gasteiger partial charge in [-0.05, 0) is 36.8 Å². The van der Waals surface area contributed by atoms with E-state index in [9.17, 15) is 9.18 Å². The number of rotatable bonds is 6. The molecule has 0 fully saturated rings. The zero-order valence-electron chi connectivity index (χ0n) is 13.2. The van der Waals surface area contributed by atoms with Gasteiger partial charge in [-0.25, -0.2) is 4.39 Å². The highest BCUT2D eigenvalue weighted by Crippen LogP contribution is 2.19. The van der Waals surface area contributed by atoms with Crippen molar-refractivity contribution >= 4 is 27.5 Å². The van der Waals surface area contributed by atoms with E-state index in [2.05, 4.69) is 26.6 Å². The van der Waals surface area contributed by atoms with Crippen LogP contribution in [-0.4, -0.2) is 5.91 Å². The predicted octanol–water partition coefficient (Wildman–Crippen LogP) is 4.79. The molecule has 0 aromatic heterocycles. The van der Waals surface area contributed by atoms with Crippen molar-refractivity contribution in [2.24, 2.45) is 0 Å². The summed E-state index contributed by atoms with van der Waals surface area (Å²) in [5, 5.41) is 6.12. The van der Waals surface area contributed by atoms with Gasteiger partial charge in [0.2, 0.25) is 5.91 Å². The summed E-state index contributed by atoms with van der Waals surface area (Å²) in [6.07, 6.45) is 0.457. The Morgan fingerprint density at radius 3 is 2.52 bits per heavy atom. The van der Waals surface area contributed by atoms with Gasteiger partial charge in [-0.3, -0.25) is 4.79 Å². The lowest BCUT2D eigenvalue weighted by Crippen LogP contribution is -2.19. The first-order chi connectivity index (χ1) is 11.0. The highest BCUT2D eigenvalue weighted by Gasteiger charge is 2.08. The average molecular weight is 379 g/mol. The molecule has 2 aromatic carbocycles. The monoisotopic (exact) mass is 378 g/mol. The first-order valence-electron chi connectivity index (χ1n) is 7.56. The van der Waals surface area contributed by atoms with Crippen LogP contribution < -0.4 is 10.6 Å². The third-order valence-corrected chi connectivity index (χ3v) is 4.12. The number of hydrogen-bond donors (Lipinski definition) is 2. The van der Waals surface area contributed by atoms with E-state index in [4.69, 9.17) is 0 Å². The molecule has 0 saturated heterocycles. The SMILES string of the molecule is CCC(=O)Nc1ccc(C(C)NCc2ccc(Br)cc2F)cc1. The van der Waals surface area contributed by atoms with Crippen LogP contribution in [0.5, 0.6) is 0 Å². The van der Waals surface area contributed by atoms with Crippen molar-refractivity contribution in [1.29, 1.82) is 0 Å². The van der Waals surface area contributed by atoms with E-state index >= 15 is 0 Å². The molecule has 2 N–H and O–H groups in total. The van der Waals surface area contributed by atoms with Crippen molar-refractivity contribution in [1.82, 2.24) is 5.32 Å². The van der Waals surface area contributed by atoms with Gasteiger partial charge < -0.3 is 10.6 Å². The Kier molecular flexibility index (Phi) is 6.30. The molecule has 0 heterocycles. The zero-order chi connectivity index (χ0) is 16.8. The minimum Gasteiger partial charge on any atom is -0.326 e. The highest BCUT2D eigenvalue weighted by molar-refractivity contribution is 9.10. The summed E-state index contributed by atoms with van der Waals surface area (Å²) in [4.78, 5) is 11.4. The molecule has 1 unspecified atom stereocenters. The lowest BCUT2D eigenvalue weighted by Gasteiger charge is -2.15. The molecular formula is C18H20BrFN2O. The van der Waals surface area contributed by atoms with Crippen molar-refractivity contribution in [2.75, 3.05) is 5.32 Å². The third kappa shape index (κ3) is 5.15. The molecule has 0 aliphatic carbocycles. The minimum atomic E-state index is -0.225. The maximum absolute atomic E-state index is 13.8. The van der Waals surface area contributed by atoms with Crippen LogP contribution in [0.15, 0.2) is 46.9 Å². The fraction of sp³-hybridized carbons (Fsp3) is 0.278. The number of carbonyl (C=O) groups excluding carboxylic acids is 1. The zero-order valence-corrected chi connectivity index (χ0v) is 14.8. The van der Waals surface area contributed by atoms with E-state index in [0.717, 1.165) is 15.7 Å². The number of carbonyl (C=O) groups is 1. The van der Waals surface area contributed by atoms with Crippen molar-refractivity contribution < 1.29 is 9.18 Å². The van der Waals surface area contributed by atoms with Crippen LogP contribution in [-0.2, 0) is 11.3 Å². The van der Waals surface area contributed by atoms with Crippen molar-refractivity contribution in [2.45, 2.75) is 32.9 Å². The van der Waals surface area contributed by atoms with Crippen LogP contribution in [0.1, 0.15) is 37.4 Å². The van der Waals surface area contributed by atoms with E-state index in [-0.39, 0.29) is 17.8 Å². The number of nitrogens with one attached hydrogen (secondary N) is 2. The highest BCUT2D eigenvalue weighted by atomic mass is 79.9. The summed E-state index contributed by atoms with van der Waals surface area (Å²) < 4.78 is 14.5. The molecule has 0 spiro atoms. The Morgan fingerprint density at radius 2 is 1.91 bits per heavy atom. The van der Waals surface area contributed by atoms with Crippen LogP contribution in [0.25, 0.3) is 0 Å². The number of anilines is 1. The second-order valence-electron chi connectivity index (χ2n) is 5.36. The van der Waals surface area contributed by atoms with Gasteiger partial charge in [0.25, 0.3) is 0 Å². The van der Waals surface area contributed by atoms with Crippen molar-refractivity contribution in [3.05, 3.63) is 63.9 Å². The molecule has 5 heteroatoms. The second kappa shape index (κ2) is 8.22. The number of hydrogen-bond acceptors (Lipinski definition) is 2. The van der Waals surface area contributed by atoms with Crippen LogP contribution in [0, 0.1) is 5.82 Å². The molecule has 0 aliphatic heterocycles. The Balaban J connectivity index is 1.95. The summed E-state index contributed by atoms with van der Waals surface area (Å²) in [6, 6.07) is 12.8. The van der Waals surface area contributed by atoms with Crippen LogP contribution in [0.2, 0.25) is 0 Å². The van der Waals surface area contributed by atoms with E-state index in [0.29, 0.717) is 18.5 Å². The standard InChI is InChI=1S/C18H20BrFN2O/c1-3-18(23)22-16-8-5-13(6-9-16)12(2)21-11-14-4-7-15(19)10-17(14)20/h4-10,12,21H,3,11H2,1-2H3,(H,22,23). The summed E-state index contributed by atoms with van der Waals surface area (Å²) in [7, 11) is 0. The molecule has 122 valence electrons. The molecule has 3 nitrogen and oxygen atoms in total. The first kappa shape index (κ1) is 17.6. The van der Waals surface area contributed by atoms with Gasteiger partial charge in [0.1, 0.15) is 5.82 Å². The van der Waals surface area contributed by atoms with Gasteiger partial charge in [0.15, 0.2) is 0 Å². The Bertz CT molecular complexity index is 673. The van der Waals surface area contributed by atoms with Gasteiger partial charge in [-0.15, -0.1) is 0 Å². The van der Waals surface area contributed by atoms with Crippen molar-refractivity contribution in [3.63, 3.8) is 0 Å². The molecule has 1 atom stereocenters.